The van der Waals surface area contributed by atoms with Crippen molar-refractivity contribution in [1.29, 1.82) is 0 Å². The maximum Gasteiger partial charge on any atom is 0.421 e. The Balaban J connectivity index is 2.62. The van der Waals surface area contributed by atoms with Crippen molar-refractivity contribution in [2.45, 2.75) is 38.6 Å². The normalized spacial score (nSPS) is 11.2. The van der Waals surface area contributed by atoms with Gasteiger partial charge in [-0.15, -0.1) is 0 Å². The molecule has 0 saturated carbocycles. The van der Waals surface area contributed by atoms with Crippen LogP contribution < -0.4 is 10.3 Å². The molecular weight excluding hydrogens is 386 g/mol. The second kappa shape index (κ2) is 7.87. The summed E-state index contributed by atoms with van der Waals surface area (Å²) in [6.07, 6.45) is -0.692. The molecule has 0 N–H and O–H groups in total. The van der Waals surface area contributed by atoms with Crippen LogP contribution in [-0.4, -0.2) is 22.9 Å². The molecule has 25 heavy (non-hydrogen) atoms. The molecule has 0 radical (unpaired) electrons. The van der Waals surface area contributed by atoms with Crippen LogP contribution in [0.3, 0.4) is 0 Å². The van der Waals surface area contributed by atoms with Crippen molar-refractivity contribution < 1.29 is 14.3 Å². The van der Waals surface area contributed by atoms with Gasteiger partial charge in [-0.3, -0.25) is 4.79 Å². The molecule has 0 fully saturated rings. The third-order valence-corrected chi connectivity index (χ3v) is 3.93. The first-order valence-corrected chi connectivity index (χ1v) is 9.17. The standard InChI is InChI=1S/C19H22BrNO4/c1-5-24-16-9-7-6-8-14(16)15-11-10-13(12-20)21(17(15)22)18(23)25-19(2,3)4/h6-11H,5,12H2,1-4H3. The van der Waals surface area contributed by atoms with Crippen LogP contribution in [0, 0.1) is 0 Å². The Kier molecular flexibility index (Phi) is 6.06. The average Bonchev–Trinajstić information content (AvgIpc) is 2.53. The van der Waals surface area contributed by atoms with Crippen LogP contribution in [0.5, 0.6) is 5.75 Å². The van der Waals surface area contributed by atoms with E-state index in [-0.39, 0.29) is 0 Å². The fourth-order valence-corrected chi connectivity index (χ4v) is 2.80. The fourth-order valence-electron chi connectivity index (χ4n) is 2.36. The summed E-state index contributed by atoms with van der Waals surface area (Å²) in [4.78, 5) is 25.6. The number of ether oxygens (including phenoxy) is 2. The summed E-state index contributed by atoms with van der Waals surface area (Å²) in [5.41, 5.74) is 0.432. The number of carbonyl (C=O) groups excluding carboxylic acids is 1. The van der Waals surface area contributed by atoms with Crippen LogP contribution in [0.15, 0.2) is 41.2 Å². The molecule has 0 saturated heterocycles. The van der Waals surface area contributed by atoms with Gasteiger partial charge in [0.1, 0.15) is 11.4 Å². The number of hydrogen-bond donors (Lipinski definition) is 0. The second-order valence-electron chi connectivity index (χ2n) is 6.42. The number of halogens is 1. The van der Waals surface area contributed by atoms with Gasteiger partial charge >= 0.3 is 6.09 Å². The van der Waals surface area contributed by atoms with Crippen LogP contribution in [0.25, 0.3) is 11.1 Å². The summed E-state index contributed by atoms with van der Waals surface area (Å²) < 4.78 is 12.1. The van der Waals surface area contributed by atoms with Gasteiger partial charge in [0.25, 0.3) is 5.56 Å². The minimum absolute atomic E-state index is 0.356. The highest BCUT2D eigenvalue weighted by Gasteiger charge is 2.23. The summed E-state index contributed by atoms with van der Waals surface area (Å²) in [5, 5.41) is 0.356. The molecule has 0 spiro atoms. The highest BCUT2D eigenvalue weighted by atomic mass is 79.9. The molecule has 0 atom stereocenters. The molecule has 0 amide bonds. The van der Waals surface area contributed by atoms with Crippen molar-refractivity contribution in [1.82, 2.24) is 4.57 Å². The Morgan fingerprint density at radius 2 is 1.80 bits per heavy atom. The van der Waals surface area contributed by atoms with E-state index >= 15 is 0 Å². The maximum atomic E-state index is 13.0. The second-order valence-corrected chi connectivity index (χ2v) is 6.98. The fraction of sp³-hybridized carbons (Fsp3) is 0.368. The first-order valence-electron chi connectivity index (χ1n) is 8.05. The molecule has 0 bridgehead atoms. The molecule has 134 valence electrons. The predicted molar refractivity (Wildman–Crippen MR) is 102 cm³/mol. The summed E-state index contributed by atoms with van der Waals surface area (Å²) in [5.74, 6) is 0.601. The van der Waals surface area contributed by atoms with E-state index in [1.165, 1.54) is 0 Å². The molecule has 6 heteroatoms. The molecule has 1 heterocycles. The number of carbonyl (C=O) groups is 1. The number of rotatable bonds is 4. The van der Waals surface area contributed by atoms with Crippen LogP contribution in [-0.2, 0) is 10.1 Å². The number of nitrogens with zero attached hydrogens (tertiary/aromatic N) is 1. The summed E-state index contributed by atoms with van der Waals surface area (Å²) >= 11 is 3.32. The molecule has 5 nitrogen and oxygen atoms in total. The monoisotopic (exact) mass is 407 g/mol. The highest BCUT2D eigenvalue weighted by molar-refractivity contribution is 9.08. The quantitative estimate of drug-likeness (QED) is 0.695. The molecule has 1 aromatic carbocycles. The van der Waals surface area contributed by atoms with E-state index in [4.69, 9.17) is 9.47 Å². The zero-order valence-electron chi connectivity index (χ0n) is 14.8. The number of aromatic nitrogens is 1. The molecule has 0 aliphatic rings. The van der Waals surface area contributed by atoms with Crippen molar-refractivity contribution in [2.75, 3.05) is 6.61 Å². The molecule has 1 aromatic heterocycles. The first kappa shape index (κ1) is 19.2. The summed E-state index contributed by atoms with van der Waals surface area (Å²) in [7, 11) is 0. The zero-order chi connectivity index (χ0) is 18.6. The first-order chi connectivity index (χ1) is 11.8. The van der Waals surface area contributed by atoms with Crippen molar-refractivity contribution in [3.63, 3.8) is 0 Å². The Bertz CT molecular complexity index is 821. The minimum Gasteiger partial charge on any atom is -0.493 e. The Morgan fingerprint density at radius 3 is 2.40 bits per heavy atom. The molecule has 2 rings (SSSR count). The number of alkyl halides is 1. The lowest BCUT2D eigenvalue weighted by Gasteiger charge is -2.21. The van der Waals surface area contributed by atoms with E-state index in [2.05, 4.69) is 15.9 Å². The van der Waals surface area contributed by atoms with Crippen molar-refractivity contribution in [3.8, 4) is 16.9 Å². The van der Waals surface area contributed by atoms with E-state index in [1.54, 1.807) is 45.0 Å². The van der Waals surface area contributed by atoms with Gasteiger partial charge in [-0.25, -0.2) is 9.36 Å². The van der Waals surface area contributed by atoms with Gasteiger partial charge < -0.3 is 9.47 Å². The van der Waals surface area contributed by atoms with Gasteiger partial charge in [-0.1, -0.05) is 34.1 Å². The van der Waals surface area contributed by atoms with Gasteiger partial charge in [-0.2, -0.15) is 0 Å². The third kappa shape index (κ3) is 4.51. The molecule has 0 aliphatic heterocycles. The van der Waals surface area contributed by atoms with E-state index in [1.807, 2.05) is 19.1 Å². The Morgan fingerprint density at radius 1 is 1.12 bits per heavy atom. The lowest BCUT2D eigenvalue weighted by atomic mass is 10.1. The zero-order valence-corrected chi connectivity index (χ0v) is 16.4. The molecule has 0 unspecified atom stereocenters. The van der Waals surface area contributed by atoms with Crippen LogP contribution in [0.1, 0.15) is 33.4 Å². The van der Waals surface area contributed by atoms with Gasteiger partial charge in [-0.05, 0) is 45.9 Å². The average molecular weight is 408 g/mol. The van der Waals surface area contributed by atoms with Gasteiger partial charge in [0.15, 0.2) is 0 Å². The van der Waals surface area contributed by atoms with Crippen molar-refractivity contribution in [3.05, 3.63) is 52.4 Å². The Hall–Kier alpha value is -2.08. The molecular formula is C19H22BrNO4. The lowest BCUT2D eigenvalue weighted by molar-refractivity contribution is 0.0527. The minimum atomic E-state index is -0.695. The van der Waals surface area contributed by atoms with Gasteiger partial charge in [0.2, 0.25) is 0 Å². The number of para-hydroxylation sites is 1. The van der Waals surface area contributed by atoms with E-state index < -0.39 is 17.3 Å². The molecule has 0 aliphatic carbocycles. The van der Waals surface area contributed by atoms with Crippen molar-refractivity contribution in [2.24, 2.45) is 0 Å². The topological polar surface area (TPSA) is 57.5 Å². The van der Waals surface area contributed by atoms with Crippen LogP contribution in [0.2, 0.25) is 0 Å². The molecule has 2 aromatic rings. The van der Waals surface area contributed by atoms with E-state index in [9.17, 15) is 9.59 Å². The highest BCUT2D eigenvalue weighted by Crippen LogP contribution is 2.28. The van der Waals surface area contributed by atoms with Gasteiger partial charge in [0.05, 0.1) is 12.2 Å². The third-order valence-electron chi connectivity index (χ3n) is 3.35. The summed E-state index contributed by atoms with van der Waals surface area (Å²) in [6.45, 7) is 7.65. The number of pyridine rings is 1. The smallest absolute Gasteiger partial charge is 0.421 e. The van der Waals surface area contributed by atoms with E-state index in [0.29, 0.717) is 34.5 Å². The Labute approximate surface area is 155 Å². The van der Waals surface area contributed by atoms with Crippen LogP contribution in [0.4, 0.5) is 4.79 Å². The van der Waals surface area contributed by atoms with E-state index in [0.717, 1.165) is 4.57 Å². The largest absolute Gasteiger partial charge is 0.493 e. The SMILES string of the molecule is CCOc1ccccc1-c1ccc(CBr)n(C(=O)OC(C)(C)C)c1=O. The summed E-state index contributed by atoms with van der Waals surface area (Å²) in [6, 6.07) is 10.7. The lowest BCUT2D eigenvalue weighted by Crippen LogP contribution is -2.35. The number of hydrogen-bond acceptors (Lipinski definition) is 4. The number of benzene rings is 1. The van der Waals surface area contributed by atoms with Crippen molar-refractivity contribution >= 4 is 22.0 Å². The maximum absolute atomic E-state index is 13.0. The predicted octanol–water partition coefficient (Wildman–Crippen LogP) is 4.59. The van der Waals surface area contributed by atoms with Crippen LogP contribution >= 0.6 is 15.9 Å². The van der Waals surface area contributed by atoms with Gasteiger partial charge in [0, 0.05) is 16.6 Å².